The second-order valence-corrected chi connectivity index (χ2v) is 9.53. The zero-order valence-electron chi connectivity index (χ0n) is 15.5. The van der Waals surface area contributed by atoms with E-state index in [0.29, 0.717) is 24.1 Å². The smallest absolute Gasteiger partial charge is 0.246 e. The number of benzene rings is 2. The maximum Gasteiger partial charge on any atom is 0.246 e. The summed E-state index contributed by atoms with van der Waals surface area (Å²) in [4.78, 5) is 13.5. The van der Waals surface area contributed by atoms with Crippen LogP contribution in [-0.2, 0) is 14.6 Å². The lowest BCUT2D eigenvalue weighted by molar-refractivity contribution is -0.118. The van der Waals surface area contributed by atoms with Gasteiger partial charge in [0.2, 0.25) is 5.91 Å². The largest absolute Gasteiger partial charge is 0.325 e. The third kappa shape index (κ3) is 3.16. The van der Waals surface area contributed by atoms with Gasteiger partial charge in [-0.1, -0.05) is 37.1 Å². The highest BCUT2D eigenvalue weighted by atomic mass is 32.2. The second kappa shape index (κ2) is 6.88. The lowest BCUT2D eigenvalue weighted by Gasteiger charge is -2.28. The van der Waals surface area contributed by atoms with E-state index >= 15 is 0 Å². The quantitative estimate of drug-likeness (QED) is 0.870. The molecule has 4 nitrogen and oxygen atoms in total. The Morgan fingerprint density at radius 3 is 2.27 bits per heavy atom. The van der Waals surface area contributed by atoms with E-state index in [1.165, 1.54) is 0 Å². The van der Waals surface area contributed by atoms with Crippen LogP contribution in [0.3, 0.4) is 0 Å². The number of anilines is 1. The molecule has 1 saturated carbocycles. The van der Waals surface area contributed by atoms with E-state index in [0.717, 1.165) is 24.0 Å². The molecule has 1 fully saturated rings. The summed E-state index contributed by atoms with van der Waals surface area (Å²) in [5.74, 6) is -0.415. The Kier molecular flexibility index (Phi) is 4.93. The van der Waals surface area contributed by atoms with Gasteiger partial charge in [-0.3, -0.25) is 4.79 Å². The van der Waals surface area contributed by atoms with E-state index in [-0.39, 0.29) is 4.90 Å². The molecule has 1 aliphatic carbocycles. The summed E-state index contributed by atoms with van der Waals surface area (Å²) in [6.45, 7) is 5.59. The van der Waals surface area contributed by atoms with Gasteiger partial charge < -0.3 is 5.32 Å². The number of carbonyl (C=O) groups is 1. The highest BCUT2D eigenvalue weighted by Gasteiger charge is 2.53. The third-order valence-electron chi connectivity index (χ3n) is 5.25. The zero-order valence-corrected chi connectivity index (χ0v) is 16.3. The fraction of sp³-hybridized carbons (Fsp3) is 0.381. The predicted molar refractivity (Wildman–Crippen MR) is 104 cm³/mol. The summed E-state index contributed by atoms with van der Waals surface area (Å²) in [7, 11) is -3.79. The van der Waals surface area contributed by atoms with Crippen LogP contribution in [0, 0.1) is 20.8 Å². The van der Waals surface area contributed by atoms with E-state index in [4.69, 9.17) is 0 Å². The van der Waals surface area contributed by atoms with E-state index in [1.807, 2.05) is 44.2 Å². The lowest BCUT2D eigenvalue weighted by Crippen LogP contribution is -2.47. The molecular formula is C21H25NO3S. The van der Waals surface area contributed by atoms with Crippen LogP contribution >= 0.6 is 0 Å². The summed E-state index contributed by atoms with van der Waals surface area (Å²) in [5, 5.41) is 2.86. The molecule has 5 heteroatoms. The minimum absolute atomic E-state index is 0.277. The van der Waals surface area contributed by atoms with Crippen LogP contribution in [0.15, 0.2) is 47.4 Å². The number of hydrogen-bond acceptors (Lipinski definition) is 3. The van der Waals surface area contributed by atoms with Crippen LogP contribution in [0.2, 0.25) is 0 Å². The van der Waals surface area contributed by atoms with Gasteiger partial charge in [0.15, 0.2) is 14.6 Å². The Morgan fingerprint density at radius 2 is 1.62 bits per heavy atom. The number of nitrogens with one attached hydrogen (secondary N) is 1. The molecule has 1 amide bonds. The maximum atomic E-state index is 13.6. The molecule has 26 heavy (non-hydrogen) atoms. The van der Waals surface area contributed by atoms with Gasteiger partial charge in [-0.2, -0.15) is 0 Å². The van der Waals surface area contributed by atoms with Crippen LogP contribution in [-0.4, -0.2) is 19.1 Å². The highest BCUT2D eigenvalue weighted by Crippen LogP contribution is 2.42. The molecule has 0 unspecified atom stereocenters. The first-order valence-corrected chi connectivity index (χ1v) is 10.4. The SMILES string of the molecule is Cc1cccc(NC(=O)C2(S(=O)(=O)c3cc(C)ccc3C)CCCC2)c1. The third-order valence-corrected chi connectivity index (χ3v) is 7.89. The van der Waals surface area contributed by atoms with Gasteiger partial charge in [-0.05, 0) is 68.5 Å². The molecule has 0 spiro atoms. The standard InChI is InChI=1S/C21H25NO3S/c1-15-7-6-8-18(13-15)22-20(23)21(11-4-5-12-21)26(24,25)19-14-16(2)9-10-17(19)3/h6-10,13-14H,4-5,11-12H2,1-3H3,(H,22,23). The first kappa shape index (κ1) is 18.6. The molecule has 0 heterocycles. The van der Waals surface area contributed by atoms with Gasteiger partial charge in [-0.15, -0.1) is 0 Å². The number of amides is 1. The molecule has 0 aliphatic heterocycles. The molecular weight excluding hydrogens is 346 g/mol. The first-order chi connectivity index (χ1) is 12.3. The summed E-state index contributed by atoms with van der Waals surface area (Å²) in [5.41, 5.74) is 3.21. The minimum atomic E-state index is -3.79. The topological polar surface area (TPSA) is 63.2 Å². The second-order valence-electron chi connectivity index (χ2n) is 7.30. The van der Waals surface area contributed by atoms with Crippen molar-refractivity contribution in [3.05, 3.63) is 59.2 Å². The molecule has 0 aromatic heterocycles. The molecule has 0 saturated heterocycles. The summed E-state index contributed by atoms with van der Waals surface area (Å²) in [6.07, 6.45) is 2.21. The van der Waals surface area contributed by atoms with E-state index in [1.54, 1.807) is 19.1 Å². The van der Waals surface area contributed by atoms with Gasteiger partial charge in [0.25, 0.3) is 0 Å². The maximum absolute atomic E-state index is 13.6. The average Bonchev–Trinajstić information content (AvgIpc) is 3.08. The molecule has 2 aromatic carbocycles. The molecule has 0 radical (unpaired) electrons. The van der Waals surface area contributed by atoms with E-state index in [9.17, 15) is 13.2 Å². The van der Waals surface area contributed by atoms with Crippen molar-refractivity contribution < 1.29 is 13.2 Å². The Morgan fingerprint density at radius 1 is 0.962 bits per heavy atom. The number of rotatable bonds is 4. The molecule has 138 valence electrons. The van der Waals surface area contributed by atoms with Crippen LogP contribution in [0.5, 0.6) is 0 Å². The molecule has 0 bridgehead atoms. The van der Waals surface area contributed by atoms with Crippen molar-refractivity contribution in [2.75, 3.05) is 5.32 Å². The van der Waals surface area contributed by atoms with Crippen molar-refractivity contribution in [1.82, 2.24) is 0 Å². The van der Waals surface area contributed by atoms with E-state index in [2.05, 4.69) is 5.32 Å². The Balaban J connectivity index is 2.04. The molecule has 3 rings (SSSR count). The number of sulfone groups is 1. The fourth-order valence-electron chi connectivity index (χ4n) is 3.74. The minimum Gasteiger partial charge on any atom is -0.325 e. The molecule has 1 N–H and O–H groups in total. The monoisotopic (exact) mass is 371 g/mol. The highest BCUT2D eigenvalue weighted by molar-refractivity contribution is 7.93. The van der Waals surface area contributed by atoms with Crippen molar-refractivity contribution in [2.24, 2.45) is 0 Å². The van der Waals surface area contributed by atoms with Crippen molar-refractivity contribution in [1.29, 1.82) is 0 Å². The van der Waals surface area contributed by atoms with Crippen molar-refractivity contribution in [2.45, 2.75) is 56.1 Å². The average molecular weight is 372 g/mol. The van der Waals surface area contributed by atoms with Crippen molar-refractivity contribution in [3.63, 3.8) is 0 Å². The molecule has 0 atom stereocenters. The first-order valence-electron chi connectivity index (χ1n) is 8.96. The Hall–Kier alpha value is -2.14. The summed E-state index contributed by atoms with van der Waals surface area (Å²) >= 11 is 0. The normalized spacial score (nSPS) is 16.4. The lowest BCUT2D eigenvalue weighted by atomic mass is 10.1. The van der Waals surface area contributed by atoms with E-state index < -0.39 is 20.5 Å². The van der Waals surface area contributed by atoms with Crippen LogP contribution in [0.1, 0.15) is 42.4 Å². The van der Waals surface area contributed by atoms with Gasteiger partial charge >= 0.3 is 0 Å². The van der Waals surface area contributed by atoms with Gasteiger partial charge in [-0.25, -0.2) is 8.42 Å². The summed E-state index contributed by atoms with van der Waals surface area (Å²) < 4.78 is 25.7. The van der Waals surface area contributed by atoms with Crippen LogP contribution in [0.4, 0.5) is 5.69 Å². The molecule has 1 aliphatic rings. The molecule has 2 aromatic rings. The van der Waals surface area contributed by atoms with Crippen LogP contribution < -0.4 is 5.32 Å². The number of carbonyl (C=O) groups excluding carboxylic acids is 1. The van der Waals surface area contributed by atoms with Gasteiger partial charge in [0.05, 0.1) is 4.90 Å². The fourth-order valence-corrected chi connectivity index (χ4v) is 6.11. The van der Waals surface area contributed by atoms with Gasteiger partial charge in [0.1, 0.15) is 0 Å². The Labute approximate surface area is 155 Å². The number of hydrogen-bond donors (Lipinski definition) is 1. The zero-order chi connectivity index (χ0) is 18.9. The number of aryl methyl sites for hydroxylation is 3. The van der Waals surface area contributed by atoms with Gasteiger partial charge in [0, 0.05) is 5.69 Å². The Bertz CT molecular complexity index is 941. The van der Waals surface area contributed by atoms with Crippen molar-refractivity contribution in [3.8, 4) is 0 Å². The summed E-state index contributed by atoms with van der Waals surface area (Å²) in [6, 6.07) is 12.8. The predicted octanol–water partition coefficient (Wildman–Crippen LogP) is 4.34. The van der Waals surface area contributed by atoms with Crippen LogP contribution in [0.25, 0.3) is 0 Å². The van der Waals surface area contributed by atoms with Crippen molar-refractivity contribution >= 4 is 21.4 Å².